The lowest BCUT2D eigenvalue weighted by atomic mass is 9.95. The summed E-state index contributed by atoms with van der Waals surface area (Å²) in [5.74, 6) is -10.2. The maximum atomic E-state index is 14.0. The number of amides is 3. The summed E-state index contributed by atoms with van der Waals surface area (Å²) in [5, 5.41) is 16.0. The van der Waals surface area contributed by atoms with Crippen molar-refractivity contribution < 1.29 is 46.5 Å². The van der Waals surface area contributed by atoms with Crippen LogP contribution in [0, 0.1) is 35.1 Å². The molecular weight excluding hydrogens is 550 g/mol. The average Bonchev–Trinajstić information content (AvgIpc) is 2.95. The number of benzene rings is 2. The number of ether oxygens (including phenoxy) is 2. The number of rotatable bonds is 11. The van der Waals surface area contributed by atoms with E-state index in [9.17, 15) is 37.1 Å². The van der Waals surface area contributed by atoms with Crippen molar-refractivity contribution in [2.75, 3.05) is 31.6 Å². The SMILES string of the molecule is CC(C)COC(=O)C[C@H](NC(=O)C1CCN(C(=O)Nc2ccccc2)CC1)C(O)COc1c(F)c(F)cc(F)c1F. The molecule has 3 amide bonds. The van der Waals surface area contributed by atoms with E-state index in [0.29, 0.717) is 18.5 Å². The summed E-state index contributed by atoms with van der Waals surface area (Å²) in [5.41, 5.74) is 0.626. The van der Waals surface area contributed by atoms with E-state index in [1.807, 2.05) is 19.9 Å². The highest BCUT2D eigenvalue weighted by Gasteiger charge is 2.32. The van der Waals surface area contributed by atoms with E-state index < -0.39 is 72.0 Å². The summed E-state index contributed by atoms with van der Waals surface area (Å²) in [6, 6.07) is 7.25. The van der Waals surface area contributed by atoms with E-state index in [0.717, 1.165) is 0 Å². The number of carbonyl (C=O) groups excluding carboxylic acids is 3. The predicted molar refractivity (Wildman–Crippen MR) is 140 cm³/mol. The molecule has 41 heavy (non-hydrogen) atoms. The van der Waals surface area contributed by atoms with Gasteiger partial charge in [0.15, 0.2) is 17.4 Å². The second kappa shape index (κ2) is 14.7. The van der Waals surface area contributed by atoms with Crippen LogP contribution in [0.1, 0.15) is 33.1 Å². The van der Waals surface area contributed by atoms with E-state index in [1.54, 1.807) is 29.2 Å². The van der Waals surface area contributed by atoms with E-state index >= 15 is 0 Å². The van der Waals surface area contributed by atoms with Crippen LogP contribution in [-0.2, 0) is 14.3 Å². The molecular formula is C28H33F4N3O6. The predicted octanol–water partition coefficient (Wildman–Crippen LogP) is 4.00. The molecule has 9 nitrogen and oxygen atoms in total. The molecule has 3 N–H and O–H groups in total. The van der Waals surface area contributed by atoms with Gasteiger partial charge < -0.3 is 30.1 Å². The number of esters is 1. The lowest BCUT2D eigenvalue weighted by molar-refractivity contribution is -0.146. The number of anilines is 1. The summed E-state index contributed by atoms with van der Waals surface area (Å²) in [4.78, 5) is 39.5. The van der Waals surface area contributed by atoms with Gasteiger partial charge in [-0.1, -0.05) is 32.0 Å². The number of halogens is 4. The number of nitrogens with zero attached hydrogens (tertiary/aromatic N) is 1. The van der Waals surface area contributed by atoms with Crippen molar-refractivity contribution in [2.24, 2.45) is 11.8 Å². The Balaban J connectivity index is 1.62. The molecule has 1 aliphatic rings. The fourth-order valence-corrected chi connectivity index (χ4v) is 4.11. The highest BCUT2D eigenvalue weighted by Crippen LogP contribution is 2.27. The van der Waals surface area contributed by atoms with Crippen LogP contribution in [0.4, 0.5) is 28.0 Å². The van der Waals surface area contributed by atoms with Gasteiger partial charge in [0.2, 0.25) is 17.5 Å². The molecule has 1 saturated heterocycles. The van der Waals surface area contributed by atoms with E-state index in [1.165, 1.54) is 0 Å². The van der Waals surface area contributed by atoms with Gasteiger partial charge in [-0.3, -0.25) is 9.59 Å². The average molecular weight is 584 g/mol. The third-order valence-electron chi connectivity index (χ3n) is 6.40. The van der Waals surface area contributed by atoms with Gasteiger partial charge in [0.05, 0.1) is 19.1 Å². The molecule has 224 valence electrons. The largest absolute Gasteiger partial charge is 0.485 e. The van der Waals surface area contributed by atoms with Crippen LogP contribution in [0.5, 0.6) is 5.75 Å². The Labute approximate surface area is 234 Å². The molecule has 0 bridgehead atoms. The minimum absolute atomic E-state index is 0.0122. The number of nitrogens with one attached hydrogen (secondary N) is 2. The topological polar surface area (TPSA) is 117 Å². The molecule has 0 spiro atoms. The molecule has 2 aromatic rings. The van der Waals surface area contributed by atoms with Crippen LogP contribution in [0.15, 0.2) is 36.4 Å². The van der Waals surface area contributed by atoms with Gasteiger partial charge in [0.1, 0.15) is 12.7 Å². The minimum Gasteiger partial charge on any atom is -0.485 e. The van der Waals surface area contributed by atoms with Crippen LogP contribution in [0.25, 0.3) is 0 Å². The second-order valence-corrected chi connectivity index (χ2v) is 10.1. The summed E-state index contributed by atoms with van der Waals surface area (Å²) >= 11 is 0. The first-order valence-corrected chi connectivity index (χ1v) is 13.2. The van der Waals surface area contributed by atoms with Crippen molar-refractivity contribution in [3.05, 3.63) is 59.7 Å². The zero-order valence-corrected chi connectivity index (χ0v) is 22.7. The maximum absolute atomic E-state index is 14.0. The lowest BCUT2D eigenvalue weighted by Gasteiger charge is -2.32. The molecule has 13 heteroatoms. The number of aliphatic hydroxyl groups is 1. The normalized spacial score (nSPS) is 15.3. The Morgan fingerprint density at radius 3 is 2.20 bits per heavy atom. The highest BCUT2D eigenvalue weighted by molar-refractivity contribution is 5.89. The van der Waals surface area contributed by atoms with Gasteiger partial charge in [-0.2, -0.15) is 8.78 Å². The van der Waals surface area contributed by atoms with Crippen molar-refractivity contribution in [3.8, 4) is 5.75 Å². The fraction of sp³-hybridized carbons (Fsp3) is 0.464. The van der Waals surface area contributed by atoms with Crippen molar-refractivity contribution >= 4 is 23.6 Å². The molecule has 1 heterocycles. The molecule has 1 unspecified atom stereocenters. The lowest BCUT2D eigenvalue weighted by Crippen LogP contribution is -2.51. The molecule has 2 atom stereocenters. The first-order chi connectivity index (χ1) is 19.5. The minimum atomic E-state index is -1.80. The van der Waals surface area contributed by atoms with Gasteiger partial charge in [0, 0.05) is 30.8 Å². The van der Waals surface area contributed by atoms with Gasteiger partial charge in [-0.25, -0.2) is 13.6 Å². The Hall–Kier alpha value is -3.87. The number of hydrogen-bond donors (Lipinski definition) is 3. The first-order valence-electron chi connectivity index (χ1n) is 13.2. The zero-order chi connectivity index (χ0) is 30.1. The summed E-state index contributed by atoms with van der Waals surface area (Å²) < 4.78 is 64.9. The molecule has 0 saturated carbocycles. The van der Waals surface area contributed by atoms with Crippen molar-refractivity contribution in [3.63, 3.8) is 0 Å². The number of para-hydroxylation sites is 1. The van der Waals surface area contributed by atoms with Crippen molar-refractivity contribution in [1.29, 1.82) is 0 Å². The Bertz CT molecular complexity index is 1180. The molecule has 3 rings (SSSR count). The van der Waals surface area contributed by atoms with Crippen molar-refractivity contribution in [2.45, 2.75) is 45.3 Å². The first kappa shape index (κ1) is 31.7. The molecule has 0 aliphatic carbocycles. The molecule has 1 fully saturated rings. The van der Waals surface area contributed by atoms with E-state index in [2.05, 4.69) is 10.6 Å². The van der Waals surface area contributed by atoms with E-state index in [4.69, 9.17) is 9.47 Å². The Kier molecular flexibility index (Phi) is 11.3. The summed E-state index contributed by atoms with van der Waals surface area (Å²) in [7, 11) is 0. The van der Waals surface area contributed by atoms with Crippen LogP contribution in [0.3, 0.4) is 0 Å². The number of hydrogen-bond acceptors (Lipinski definition) is 6. The number of urea groups is 1. The maximum Gasteiger partial charge on any atom is 0.321 e. The second-order valence-electron chi connectivity index (χ2n) is 10.1. The Morgan fingerprint density at radius 1 is 1.00 bits per heavy atom. The standard InChI is InChI=1S/C28H33F4N3O6/c1-16(2)14-40-23(37)13-21(22(36)15-41-26-24(31)19(29)12-20(30)25(26)32)34-27(38)17-8-10-35(11-9-17)28(39)33-18-6-4-3-5-7-18/h3-7,12,16-17,21-22,36H,8-11,13-15H2,1-2H3,(H,33,39)(H,34,38)/t21-,22?/m0/s1. The summed E-state index contributed by atoms with van der Waals surface area (Å²) in [6.45, 7) is 3.33. The van der Waals surface area contributed by atoms with Gasteiger partial charge >= 0.3 is 12.0 Å². The van der Waals surface area contributed by atoms with Crippen molar-refractivity contribution in [1.82, 2.24) is 10.2 Å². The monoisotopic (exact) mass is 583 g/mol. The molecule has 0 aromatic heterocycles. The van der Waals surface area contributed by atoms with Crippen LogP contribution in [0.2, 0.25) is 0 Å². The number of carbonyl (C=O) groups is 3. The molecule has 0 radical (unpaired) electrons. The van der Waals surface area contributed by atoms with E-state index in [-0.39, 0.29) is 37.7 Å². The van der Waals surface area contributed by atoms with Crippen LogP contribution < -0.4 is 15.4 Å². The third kappa shape index (κ3) is 9.07. The number of aliphatic hydroxyl groups excluding tert-OH is 1. The Morgan fingerprint density at radius 2 is 1.61 bits per heavy atom. The smallest absolute Gasteiger partial charge is 0.321 e. The third-order valence-corrected chi connectivity index (χ3v) is 6.40. The zero-order valence-electron chi connectivity index (χ0n) is 22.7. The summed E-state index contributed by atoms with van der Waals surface area (Å²) in [6.07, 6.45) is -1.63. The fourth-order valence-electron chi connectivity index (χ4n) is 4.11. The number of piperidine rings is 1. The highest BCUT2D eigenvalue weighted by atomic mass is 19.2. The van der Waals surface area contributed by atoms with Crippen LogP contribution in [-0.4, -0.2) is 66.4 Å². The van der Waals surface area contributed by atoms with Gasteiger partial charge in [0.25, 0.3) is 0 Å². The molecule has 1 aliphatic heterocycles. The van der Waals surface area contributed by atoms with Gasteiger partial charge in [-0.15, -0.1) is 0 Å². The molecule has 2 aromatic carbocycles. The van der Waals surface area contributed by atoms with Gasteiger partial charge in [-0.05, 0) is 30.9 Å². The quantitative estimate of drug-likeness (QED) is 0.209. The number of likely N-dealkylation sites (tertiary alicyclic amines) is 1. The van der Waals surface area contributed by atoms with Crippen LogP contribution >= 0.6 is 0 Å².